The summed E-state index contributed by atoms with van der Waals surface area (Å²) >= 11 is 0. The third-order valence-electron chi connectivity index (χ3n) is 4.92. The molecule has 1 unspecified atom stereocenters. The number of Topliss-reactive ketones (excluding diaryl/α,β-unsaturated/α-hetero) is 1. The number of hydrogen-bond donors (Lipinski definition) is 1. The van der Waals surface area contributed by atoms with Crippen molar-refractivity contribution < 1.29 is 18.6 Å². The number of ketones is 1. The van der Waals surface area contributed by atoms with Crippen molar-refractivity contribution in [2.24, 2.45) is 22.1 Å². The van der Waals surface area contributed by atoms with Crippen LogP contribution in [0.2, 0.25) is 0 Å². The zero-order chi connectivity index (χ0) is 20.2. The Balaban J connectivity index is 1.93. The number of nitrogens with two attached hydrogens (primary N) is 1. The standard InChI is InChI=1S/C18H30N4O4S/c1-18(2,3)14(23)11-15(19)20-16(24)13-5-4-6-22(12-13)17(25)21-7-9-27(26)10-8-21/h13H,4-12H2,1-3H3,(H2,19,20,24). The van der Waals surface area contributed by atoms with Gasteiger partial charge in [0.2, 0.25) is 0 Å². The normalized spacial score (nSPS) is 22.6. The summed E-state index contributed by atoms with van der Waals surface area (Å²) in [5.74, 6) is 0.201. The molecule has 2 aliphatic heterocycles. The number of rotatable bonds is 3. The summed E-state index contributed by atoms with van der Waals surface area (Å²) < 4.78 is 11.5. The van der Waals surface area contributed by atoms with Gasteiger partial charge < -0.3 is 15.5 Å². The maximum absolute atomic E-state index is 12.6. The number of nitrogens with zero attached hydrogens (tertiary/aromatic N) is 3. The van der Waals surface area contributed by atoms with E-state index in [1.54, 1.807) is 30.6 Å². The number of amidine groups is 1. The molecule has 3 amide bonds. The van der Waals surface area contributed by atoms with E-state index in [2.05, 4.69) is 4.99 Å². The summed E-state index contributed by atoms with van der Waals surface area (Å²) in [5, 5.41) is 0. The molecule has 2 rings (SSSR count). The van der Waals surface area contributed by atoms with Crippen LogP contribution < -0.4 is 5.73 Å². The van der Waals surface area contributed by atoms with Gasteiger partial charge in [-0.05, 0) is 12.8 Å². The Morgan fingerprint density at radius 3 is 2.33 bits per heavy atom. The van der Waals surface area contributed by atoms with Gasteiger partial charge in [0.05, 0.1) is 12.3 Å². The van der Waals surface area contributed by atoms with E-state index < -0.39 is 22.1 Å². The van der Waals surface area contributed by atoms with E-state index in [1.165, 1.54) is 0 Å². The fourth-order valence-electron chi connectivity index (χ4n) is 3.08. The molecule has 2 N–H and O–H groups in total. The Hall–Kier alpha value is -1.77. The van der Waals surface area contributed by atoms with Crippen LogP contribution >= 0.6 is 0 Å². The monoisotopic (exact) mass is 398 g/mol. The molecule has 27 heavy (non-hydrogen) atoms. The van der Waals surface area contributed by atoms with E-state index in [9.17, 15) is 18.6 Å². The molecule has 2 aliphatic rings. The van der Waals surface area contributed by atoms with Crippen molar-refractivity contribution >= 4 is 34.4 Å². The molecule has 0 aliphatic carbocycles. The van der Waals surface area contributed by atoms with Crippen LogP contribution in [0.1, 0.15) is 40.0 Å². The molecule has 0 saturated carbocycles. The van der Waals surface area contributed by atoms with E-state index in [0.29, 0.717) is 44.1 Å². The van der Waals surface area contributed by atoms with Crippen molar-refractivity contribution in [1.82, 2.24) is 9.80 Å². The minimum atomic E-state index is -0.841. The summed E-state index contributed by atoms with van der Waals surface area (Å²) in [6, 6.07) is -0.107. The third kappa shape index (κ3) is 6.12. The van der Waals surface area contributed by atoms with E-state index in [-0.39, 0.29) is 30.0 Å². The Labute approximate surface area is 163 Å². The number of aliphatic imine (C=N–C) groups is 1. The van der Waals surface area contributed by atoms with Crippen LogP contribution in [0.4, 0.5) is 4.79 Å². The average Bonchev–Trinajstić information content (AvgIpc) is 2.61. The van der Waals surface area contributed by atoms with Gasteiger partial charge in [0.1, 0.15) is 11.6 Å². The first kappa shape index (κ1) is 21.5. The van der Waals surface area contributed by atoms with Gasteiger partial charge in [-0.2, -0.15) is 4.99 Å². The smallest absolute Gasteiger partial charge is 0.320 e. The molecule has 152 valence electrons. The SMILES string of the molecule is CC(C)(C)C(=O)CC(N)=NC(=O)C1CCCN(C(=O)N2CCS(=O)CC2)C1. The molecule has 8 nitrogen and oxygen atoms in total. The van der Waals surface area contributed by atoms with E-state index in [1.807, 2.05) is 0 Å². The van der Waals surface area contributed by atoms with Crippen LogP contribution in [-0.2, 0) is 20.4 Å². The minimum Gasteiger partial charge on any atom is -0.387 e. The molecule has 0 spiro atoms. The minimum absolute atomic E-state index is 0.0295. The molecule has 9 heteroatoms. The van der Waals surface area contributed by atoms with Crippen molar-refractivity contribution in [3.05, 3.63) is 0 Å². The molecule has 0 aromatic carbocycles. The van der Waals surface area contributed by atoms with Crippen molar-refractivity contribution in [1.29, 1.82) is 0 Å². The fourth-order valence-corrected chi connectivity index (χ4v) is 4.14. The van der Waals surface area contributed by atoms with Crippen LogP contribution in [-0.4, -0.2) is 75.3 Å². The molecule has 1 atom stereocenters. The molecule has 2 heterocycles. The first-order chi connectivity index (χ1) is 12.6. The maximum atomic E-state index is 12.6. The Morgan fingerprint density at radius 2 is 1.74 bits per heavy atom. The fraction of sp³-hybridized carbons (Fsp3) is 0.778. The largest absolute Gasteiger partial charge is 0.387 e. The zero-order valence-electron chi connectivity index (χ0n) is 16.4. The van der Waals surface area contributed by atoms with Gasteiger partial charge in [0.25, 0.3) is 5.91 Å². The second kappa shape index (κ2) is 8.95. The number of carbonyl (C=O) groups excluding carboxylic acids is 3. The number of urea groups is 1. The van der Waals surface area contributed by atoms with Gasteiger partial charge in [-0.3, -0.25) is 13.8 Å². The van der Waals surface area contributed by atoms with E-state index in [0.717, 1.165) is 6.42 Å². The lowest BCUT2D eigenvalue weighted by molar-refractivity contribution is -0.125. The van der Waals surface area contributed by atoms with Gasteiger partial charge in [0, 0.05) is 53.9 Å². The van der Waals surface area contributed by atoms with Gasteiger partial charge in [-0.25, -0.2) is 4.79 Å². The number of hydrogen-bond acceptors (Lipinski definition) is 4. The quantitative estimate of drug-likeness (QED) is 0.557. The number of likely N-dealkylation sites (tertiary alicyclic amines) is 1. The molecule has 0 bridgehead atoms. The molecular weight excluding hydrogens is 368 g/mol. The molecule has 0 aromatic heterocycles. The first-order valence-electron chi connectivity index (χ1n) is 9.37. The number of carbonyl (C=O) groups is 3. The van der Waals surface area contributed by atoms with Crippen LogP contribution in [0.5, 0.6) is 0 Å². The highest BCUT2D eigenvalue weighted by Gasteiger charge is 2.32. The Bertz CT molecular complexity index is 646. The summed E-state index contributed by atoms with van der Waals surface area (Å²) in [5.41, 5.74) is 5.26. The van der Waals surface area contributed by atoms with E-state index in [4.69, 9.17) is 5.73 Å². The molecule has 2 saturated heterocycles. The van der Waals surface area contributed by atoms with Gasteiger partial charge >= 0.3 is 6.03 Å². The first-order valence-corrected chi connectivity index (χ1v) is 10.9. The number of piperidine rings is 1. The lowest BCUT2D eigenvalue weighted by atomic mass is 9.89. The van der Waals surface area contributed by atoms with Crippen molar-refractivity contribution in [3.8, 4) is 0 Å². The van der Waals surface area contributed by atoms with Crippen LogP contribution in [0.3, 0.4) is 0 Å². The van der Waals surface area contributed by atoms with Gasteiger partial charge in [-0.15, -0.1) is 0 Å². The average molecular weight is 399 g/mol. The van der Waals surface area contributed by atoms with Crippen molar-refractivity contribution in [3.63, 3.8) is 0 Å². The highest BCUT2D eigenvalue weighted by molar-refractivity contribution is 7.85. The highest BCUT2D eigenvalue weighted by Crippen LogP contribution is 2.20. The molecule has 2 fully saturated rings. The second-order valence-corrected chi connectivity index (χ2v) is 9.89. The third-order valence-corrected chi connectivity index (χ3v) is 6.20. The topological polar surface area (TPSA) is 113 Å². The lowest BCUT2D eigenvalue weighted by Gasteiger charge is -2.36. The van der Waals surface area contributed by atoms with Crippen molar-refractivity contribution in [2.45, 2.75) is 40.0 Å². The highest BCUT2D eigenvalue weighted by atomic mass is 32.2. The lowest BCUT2D eigenvalue weighted by Crippen LogP contribution is -2.52. The second-order valence-electron chi connectivity index (χ2n) is 8.19. The summed E-state index contributed by atoms with van der Waals surface area (Å²) in [7, 11) is -0.841. The zero-order valence-corrected chi connectivity index (χ0v) is 17.2. The Kier molecular flexibility index (Phi) is 7.13. The van der Waals surface area contributed by atoms with E-state index >= 15 is 0 Å². The van der Waals surface area contributed by atoms with Gasteiger partial charge in [0.15, 0.2) is 0 Å². The van der Waals surface area contributed by atoms with Crippen LogP contribution in [0, 0.1) is 11.3 Å². The maximum Gasteiger partial charge on any atom is 0.320 e. The Morgan fingerprint density at radius 1 is 1.11 bits per heavy atom. The molecule has 0 aromatic rings. The molecule has 0 radical (unpaired) electrons. The molecular formula is C18H30N4O4S. The van der Waals surface area contributed by atoms with Crippen LogP contribution in [0.15, 0.2) is 4.99 Å². The van der Waals surface area contributed by atoms with Crippen LogP contribution in [0.25, 0.3) is 0 Å². The summed E-state index contributed by atoms with van der Waals surface area (Å²) in [6.07, 6.45) is 1.32. The summed E-state index contributed by atoms with van der Waals surface area (Å²) in [4.78, 5) is 44.4. The summed E-state index contributed by atoms with van der Waals surface area (Å²) in [6.45, 7) is 7.27. The predicted molar refractivity (Wildman–Crippen MR) is 105 cm³/mol. The van der Waals surface area contributed by atoms with Gasteiger partial charge in [-0.1, -0.05) is 20.8 Å². The predicted octanol–water partition coefficient (Wildman–Crippen LogP) is 0.772. The number of amides is 3. The van der Waals surface area contributed by atoms with Crippen molar-refractivity contribution in [2.75, 3.05) is 37.7 Å².